The van der Waals surface area contributed by atoms with Crippen molar-refractivity contribution in [3.8, 4) is 0 Å². The molecule has 3 aromatic carbocycles. The highest BCUT2D eigenvalue weighted by molar-refractivity contribution is 5.78. The fourth-order valence-electron chi connectivity index (χ4n) is 10.6. The highest BCUT2D eigenvalue weighted by Crippen LogP contribution is 2.73. The van der Waals surface area contributed by atoms with Crippen molar-refractivity contribution in [3.05, 3.63) is 138 Å². The maximum atomic E-state index is 17.1. The second-order valence-corrected chi connectivity index (χ2v) is 14.1. The van der Waals surface area contributed by atoms with Crippen LogP contribution in [0.1, 0.15) is 23.1 Å². The Morgan fingerprint density at radius 2 is 1.21 bits per heavy atom. The molecule has 9 aliphatic rings. The maximum absolute atomic E-state index is 17.1. The van der Waals surface area contributed by atoms with Crippen molar-refractivity contribution >= 4 is 17.1 Å². The number of benzene rings is 3. The molecule has 10 heteroatoms. The van der Waals surface area contributed by atoms with Crippen molar-refractivity contribution in [3.63, 3.8) is 0 Å². The lowest BCUT2D eigenvalue weighted by atomic mass is 9.50. The Balaban J connectivity index is 1.31. The SMILES string of the molecule is FC1=CN2CCN3CCN4C=C(F)N5c6ccccc6C6(C45)C4N5C(F)=CN4C6(CC3)c3ccccc3N1C2/C=C\Cc1ccccc15. The number of rotatable bonds is 0. The van der Waals surface area contributed by atoms with E-state index in [0.29, 0.717) is 25.9 Å². The zero-order valence-electron chi connectivity index (χ0n) is 26.3. The number of hydrogen-bond acceptors (Lipinski definition) is 7. The van der Waals surface area contributed by atoms with Gasteiger partial charge >= 0.3 is 0 Å². The first-order chi connectivity index (χ1) is 23.5. The normalized spacial score (nSPS) is 34.0. The molecule has 0 radical (unpaired) electrons. The van der Waals surface area contributed by atoms with E-state index in [9.17, 15) is 0 Å². The number of allylic oxidation sites excluding steroid dienone is 1. The first-order valence-electron chi connectivity index (χ1n) is 17.0. The average molecular weight is 646 g/mol. The summed E-state index contributed by atoms with van der Waals surface area (Å²) in [5.41, 5.74) is 3.54. The Morgan fingerprint density at radius 3 is 2.04 bits per heavy atom. The van der Waals surface area contributed by atoms with Crippen LogP contribution >= 0.6 is 0 Å². The molecule has 8 bridgehead atoms. The highest BCUT2D eigenvalue weighted by atomic mass is 19.1. The van der Waals surface area contributed by atoms with Gasteiger partial charge in [0.2, 0.25) is 17.9 Å². The summed E-state index contributed by atoms with van der Waals surface area (Å²) < 4.78 is 50.2. The summed E-state index contributed by atoms with van der Waals surface area (Å²) in [7, 11) is 0. The summed E-state index contributed by atoms with van der Waals surface area (Å²) in [4.78, 5) is 14.5. The molecule has 2 fully saturated rings. The Hall–Kier alpha value is -4.83. The molecule has 48 heavy (non-hydrogen) atoms. The highest BCUT2D eigenvalue weighted by Gasteiger charge is 2.83. The van der Waals surface area contributed by atoms with E-state index < -0.39 is 23.3 Å². The van der Waals surface area contributed by atoms with Crippen molar-refractivity contribution in [2.24, 2.45) is 0 Å². The quantitative estimate of drug-likeness (QED) is 0.218. The third kappa shape index (κ3) is 2.99. The lowest BCUT2D eigenvalue weighted by molar-refractivity contribution is -0.157. The van der Waals surface area contributed by atoms with E-state index in [2.05, 4.69) is 50.0 Å². The molecule has 12 rings (SSSR count). The Kier molecular flexibility index (Phi) is 5.20. The van der Waals surface area contributed by atoms with Crippen molar-refractivity contribution < 1.29 is 13.2 Å². The molecule has 2 spiro atoms. The largest absolute Gasteiger partial charge is 0.351 e. The number of halogens is 3. The molecule has 2 saturated heterocycles. The molecular formula is C38H34F3N7. The Labute approximate surface area is 277 Å². The Bertz CT molecular complexity index is 2030. The molecule has 9 heterocycles. The van der Waals surface area contributed by atoms with E-state index in [1.165, 1.54) is 0 Å². The molecule has 7 nitrogen and oxygen atoms in total. The van der Waals surface area contributed by atoms with Crippen LogP contribution in [0.4, 0.5) is 30.2 Å². The van der Waals surface area contributed by atoms with Crippen LogP contribution in [0.15, 0.2) is 121 Å². The molecule has 9 aliphatic heterocycles. The molecule has 0 saturated carbocycles. The van der Waals surface area contributed by atoms with Crippen LogP contribution in [0.5, 0.6) is 0 Å². The molecule has 6 unspecified atom stereocenters. The van der Waals surface area contributed by atoms with Crippen LogP contribution in [0.3, 0.4) is 0 Å². The number of para-hydroxylation sites is 3. The zero-order chi connectivity index (χ0) is 31.9. The molecule has 0 N–H and O–H groups in total. The van der Waals surface area contributed by atoms with Gasteiger partial charge in [-0.1, -0.05) is 60.7 Å². The molecule has 6 atom stereocenters. The first-order valence-corrected chi connectivity index (χ1v) is 17.0. The van der Waals surface area contributed by atoms with Gasteiger partial charge in [0.25, 0.3) is 0 Å². The summed E-state index contributed by atoms with van der Waals surface area (Å²) in [6.45, 7) is 3.44. The first kappa shape index (κ1) is 27.2. The van der Waals surface area contributed by atoms with E-state index >= 15 is 13.2 Å². The van der Waals surface area contributed by atoms with Gasteiger partial charge in [-0.2, -0.15) is 13.2 Å². The zero-order valence-corrected chi connectivity index (χ0v) is 26.3. The van der Waals surface area contributed by atoms with Gasteiger partial charge in [0, 0.05) is 49.7 Å². The summed E-state index contributed by atoms with van der Waals surface area (Å²) in [6, 6.07) is 24.2. The van der Waals surface area contributed by atoms with Gasteiger partial charge in [-0.05, 0) is 48.2 Å². The number of anilines is 3. The van der Waals surface area contributed by atoms with E-state index in [0.717, 1.165) is 53.4 Å². The van der Waals surface area contributed by atoms with Gasteiger partial charge in [-0.25, -0.2) is 0 Å². The van der Waals surface area contributed by atoms with Gasteiger partial charge in [0.1, 0.15) is 23.9 Å². The third-order valence-corrected chi connectivity index (χ3v) is 12.3. The van der Waals surface area contributed by atoms with Gasteiger partial charge < -0.3 is 14.7 Å². The van der Waals surface area contributed by atoms with E-state index in [1.54, 1.807) is 18.6 Å². The second kappa shape index (κ2) is 9.19. The van der Waals surface area contributed by atoms with E-state index in [4.69, 9.17) is 0 Å². The van der Waals surface area contributed by atoms with Crippen LogP contribution in [0.25, 0.3) is 0 Å². The summed E-state index contributed by atoms with van der Waals surface area (Å²) in [5, 5.41) is 0. The predicted molar refractivity (Wildman–Crippen MR) is 178 cm³/mol. The molecule has 242 valence electrons. The topological polar surface area (TPSA) is 22.7 Å². The van der Waals surface area contributed by atoms with Crippen LogP contribution in [0.2, 0.25) is 0 Å². The van der Waals surface area contributed by atoms with Crippen LogP contribution in [-0.2, 0) is 17.4 Å². The minimum Gasteiger partial charge on any atom is -0.351 e. The smallest absolute Gasteiger partial charge is 0.212 e. The van der Waals surface area contributed by atoms with Gasteiger partial charge in [-0.15, -0.1) is 0 Å². The summed E-state index contributed by atoms with van der Waals surface area (Å²) in [6.07, 6.45) is 9.05. The summed E-state index contributed by atoms with van der Waals surface area (Å²) >= 11 is 0. The number of nitrogens with zero attached hydrogens (tertiary/aromatic N) is 7. The van der Waals surface area contributed by atoms with E-state index in [1.807, 2.05) is 69.3 Å². The molecule has 0 aliphatic carbocycles. The van der Waals surface area contributed by atoms with Crippen LogP contribution < -0.4 is 14.7 Å². The molecule has 0 amide bonds. The van der Waals surface area contributed by atoms with Crippen molar-refractivity contribution in [1.82, 2.24) is 19.6 Å². The minimum absolute atomic E-state index is 0.301. The molecule has 3 aromatic rings. The fraction of sp³-hybridized carbons (Fsp3) is 0.316. The third-order valence-electron chi connectivity index (χ3n) is 12.3. The van der Waals surface area contributed by atoms with Crippen LogP contribution in [0, 0.1) is 0 Å². The average Bonchev–Trinajstić information content (AvgIpc) is 3.80. The standard InChI is InChI=1S/C38H34F3N7/c39-31-22-43-20-18-42-17-16-37-26-10-2-5-13-29(26)46(31)34(43)15-7-9-25-8-1-4-12-28(25)47-33(41)24-45(37)36(47)38(37)27-11-3-6-14-30(27)48-32(40)23-44(21-19-42)35(38)48/h1-8,10-15,22-24,34-36H,9,16-21H2/b15-7-. The Morgan fingerprint density at radius 1 is 0.583 bits per heavy atom. The van der Waals surface area contributed by atoms with E-state index in [-0.39, 0.29) is 24.0 Å². The predicted octanol–water partition coefficient (Wildman–Crippen LogP) is 6.03. The van der Waals surface area contributed by atoms with Crippen molar-refractivity contribution in [1.29, 1.82) is 0 Å². The van der Waals surface area contributed by atoms with Crippen molar-refractivity contribution in [2.75, 3.05) is 47.4 Å². The number of hydrogen-bond donors (Lipinski definition) is 0. The summed E-state index contributed by atoms with van der Waals surface area (Å²) in [5.74, 6) is -0.955. The molecular weight excluding hydrogens is 611 g/mol. The minimum atomic E-state index is -0.871. The van der Waals surface area contributed by atoms with Gasteiger partial charge in [0.05, 0.1) is 29.8 Å². The monoisotopic (exact) mass is 645 g/mol. The van der Waals surface area contributed by atoms with Crippen molar-refractivity contribution in [2.45, 2.75) is 42.3 Å². The van der Waals surface area contributed by atoms with Crippen LogP contribution in [-0.4, -0.2) is 70.8 Å². The van der Waals surface area contributed by atoms with Gasteiger partial charge in [0.15, 0.2) is 0 Å². The lowest BCUT2D eigenvalue weighted by Crippen LogP contribution is -2.85. The number of fused-ring (bicyclic) bond motifs is 5. The maximum Gasteiger partial charge on any atom is 0.212 e. The lowest BCUT2D eigenvalue weighted by Gasteiger charge is -2.72. The van der Waals surface area contributed by atoms with Gasteiger partial charge in [-0.3, -0.25) is 19.6 Å². The molecule has 0 aromatic heterocycles. The second-order valence-electron chi connectivity index (χ2n) is 14.1. The fourth-order valence-corrected chi connectivity index (χ4v) is 10.6.